The summed E-state index contributed by atoms with van der Waals surface area (Å²) >= 11 is 0. The van der Waals surface area contributed by atoms with Crippen molar-refractivity contribution in [3.05, 3.63) is 48.8 Å². The maximum atomic E-state index is 9.72. The molecule has 0 atom stereocenters. The van der Waals surface area contributed by atoms with Crippen molar-refractivity contribution in [1.82, 2.24) is 9.97 Å². The molecule has 4 aromatic rings. The number of benzene rings is 3. The molecule has 0 aliphatic carbocycles. The van der Waals surface area contributed by atoms with Crippen molar-refractivity contribution in [3.8, 4) is 11.5 Å². The maximum Gasteiger partial charge on any atom is 0.116 e. The van der Waals surface area contributed by atoms with E-state index in [2.05, 4.69) is 9.97 Å². The van der Waals surface area contributed by atoms with Crippen LogP contribution in [0.1, 0.15) is 0 Å². The highest BCUT2D eigenvalue weighted by Gasteiger charge is 2.11. The average Bonchev–Trinajstić information content (AvgIpc) is 2.47. The second kappa shape index (κ2) is 3.81. The number of phenolic OH excluding ortho intramolecular Hbond substituents is 2. The Balaban J connectivity index is 2.40. The van der Waals surface area contributed by atoms with Gasteiger partial charge >= 0.3 is 0 Å². The van der Waals surface area contributed by atoms with Crippen molar-refractivity contribution in [2.45, 2.75) is 0 Å². The van der Waals surface area contributed by atoms with Crippen LogP contribution in [0.5, 0.6) is 11.5 Å². The van der Waals surface area contributed by atoms with Gasteiger partial charge in [0.15, 0.2) is 0 Å². The minimum atomic E-state index is 0.197. The van der Waals surface area contributed by atoms with E-state index in [9.17, 15) is 10.2 Å². The zero-order valence-corrected chi connectivity index (χ0v) is 10.4. The van der Waals surface area contributed by atoms with E-state index in [1.165, 1.54) is 0 Å². The van der Waals surface area contributed by atoms with Crippen LogP contribution in [0.3, 0.4) is 0 Å². The van der Waals surface area contributed by atoms with Gasteiger partial charge in [-0.1, -0.05) is 12.1 Å². The van der Waals surface area contributed by atoms with E-state index in [1.54, 1.807) is 36.7 Å². The summed E-state index contributed by atoms with van der Waals surface area (Å²) in [5.41, 5.74) is 1.44. The summed E-state index contributed by atoms with van der Waals surface area (Å²) in [6, 6.07) is 10.4. The molecule has 0 amide bonds. The zero-order chi connectivity index (χ0) is 13.7. The largest absolute Gasteiger partial charge is 0.508 e. The molecular formula is C16H10N2O2. The smallest absolute Gasteiger partial charge is 0.116 e. The molecule has 0 saturated carbocycles. The van der Waals surface area contributed by atoms with Crippen LogP contribution in [0.4, 0.5) is 0 Å². The van der Waals surface area contributed by atoms with Crippen molar-refractivity contribution < 1.29 is 10.2 Å². The number of nitrogens with zero attached hydrogens (tertiary/aromatic N) is 2. The van der Waals surface area contributed by atoms with E-state index in [0.717, 1.165) is 32.6 Å². The molecule has 4 rings (SSSR count). The molecule has 0 unspecified atom stereocenters. The Hall–Kier alpha value is -2.88. The predicted molar refractivity (Wildman–Crippen MR) is 77.9 cm³/mol. The van der Waals surface area contributed by atoms with Gasteiger partial charge in [-0.15, -0.1) is 0 Å². The lowest BCUT2D eigenvalue weighted by atomic mass is 9.99. The van der Waals surface area contributed by atoms with Crippen LogP contribution in [0.15, 0.2) is 48.8 Å². The summed E-state index contributed by atoms with van der Waals surface area (Å²) in [6.07, 6.45) is 3.25. The highest BCUT2D eigenvalue weighted by atomic mass is 16.3. The molecule has 1 aromatic heterocycles. The van der Waals surface area contributed by atoms with E-state index < -0.39 is 0 Å². The molecule has 0 spiro atoms. The van der Waals surface area contributed by atoms with E-state index in [4.69, 9.17) is 0 Å². The predicted octanol–water partition coefficient (Wildman–Crippen LogP) is 3.35. The van der Waals surface area contributed by atoms with Gasteiger partial charge in [0.25, 0.3) is 0 Å². The molecule has 0 bridgehead atoms. The van der Waals surface area contributed by atoms with E-state index in [1.807, 2.05) is 12.1 Å². The molecule has 0 aliphatic heterocycles. The SMILES string of the molecule is Oc1ccc2c3ccc(O)cc3c3nccnc3c2c1. The molecule has 20 heavy (non-hydrogen) atoms. The molecule has 1 heterocycles. The van der Waals surface area contributed by atoms with Gasteiger partial charge in [0.05, 0.1) is 11.0 Å². The molecule has 96 valence electrons. The van der Waals surface area contributed by atoms with Crippen molar-refractivity contribution >= 4 is 32.6 Å². The monoisotopic (exact) mass is 262 g/mol. The topological polar surface area (TPSA) is 66.2 Å². The summed E-state index contributed by atoms with van der Waals surface area (Å²) in [5.74, 6) is 0.394. The van der Waals surface area contributed by atoms with Crippen LogP contribution < -0.4 is 0 Å². The van der Waals surface area contributed by atoms with Crippen molar-refractivity contribution in [1.29, 1.82) is 0 Å². The highest BCUT2D eigenvalue weighted by molar-refractivity contribution is 6.23. The van der Waals surface area contributed by atoms with Crippen LogP contribution in [0, 0.1) is 0 Å². The minimum Gasteiger partial charge on any atom is -0.508 e. The first-order valence-corrected chi connectivity index (χ1v) is 6.22. The molecule has 0 aliphatic rings. The van der Waals surface area contributed by atoms with Gasteiger partial charge in [-0.2, -0.15) is 0 Å². The van der Waals surface area contributed by atoms with Gasteiger partial charge in [0, 0.05) is 23.2 Å². The van der Waals surface area contributed by atoms with Crippen molar-refractivity contribution in [2.75, 3.05) is 0 Å². The normalized spacial score (nSPS) is 11.4. The Morgan fingerprint density at radius 1 is 0.600 bits per heavy atom. The number of aromatic nitrogens is 2. The van der Waals surface area contributed by atoms with Crippen LogP contribution in [-0.4, -0.2) is 20.2 Å². The van der Waals surface area contributed by atoms with Crippen LogP contribution >= 0.6 is 0 Å². The molecule has 4 heteroatoms. The number of hydrogen-bond acceptors (Lipinski definition) is 4. The fourth-order valence-corrected chi connectivity index (χ4v) is 2.66. The lowest BCUT2D eigenvalue weighted by Crippen LogP contribution is -1.88. The quantitative estimate of drug-likeness (QED) is 0.477. The van der Waals surface area contributed by atoms with Crippen LogP contribution in [0.2, 0.25) is 0 Å². The first-order valence-electron chi connectivity index (χ1n) is 6.22. The van der Waals surface area contributed by atoms with Gasteiger partial charge in [0.1, 0.15) is 11.5 Å². The average molecular weight is 262 g/mol. The third kappa shape index (κ3) is 1.42. The number of rotatable bonds is 0. The fraction of sp³-hybridized carbons (Fsp3) is 0. The Morgan fingerprint density at radius 2 is 1.05 bits per heavy atom. The van der Waals surface area contributed by atoms with Crippen molar-refractivity contribution in [2.24, 2.45) is 0 Å². The second-order valence-corrected chi connectivity index (χ2v) is 4.71. The Labute approximate surface area is 114 Å². The summed E-state index contributed by atoms with van der Waals surface area (Å²) in [5, 5.41) is 23.1. The first kappa shape index (κ1) is 11.0. The summed E-state index contributed by atoms with van der Waals surface area (Å²) < 4.78 is 0. The zero-order valence-electron chi connectivity index (χ0n) is 10.4. The van der Waals surface area contributed by atoms with E-state index >= 15 is 0 Å². The van der Waals surface area contributed by atoms with Crippen LogP contribution in [0.25, 0.3) is 32.6 Å². The van der Waals surface area contributed by atoms with Crippen LogP contribution in [-0.2, 0) is 0 Å². The van der Waals surface area contributed by atoms with Gasteiger partial charge in [-0.05, 0) is 35.0 Å². The lowest BCUT2D eigenvalue weighted by molar-refractivity contribution is 0.475. The summed E-state index contributed by atoms with van der Waals surface area (Å²) in [4.78, 5) is 8.75. The Kier molecular flexibility index (Phi) is 2.09. The highest BCUT2D eigenvalue weighted by Crippen LogP contribution is 2.35. The molecule has 0 radical (unpaired) electrons. The first-order chi connectivity index (χ1) is 9.74. The fourth-order valence-electron chi connectivity index (χ4n) is 2.66. The molecule has 0 fully saturated rings. The Bertz CT molecular complexity index is 879. The third-order valence-electron chi connectivity index (χ3n) is 3.50. The van der Waals surface area contributed by atoms with Gasteiger partial charge in [-0.25, -0.2) is 0 Å². The third-order valence-corrected chi connectivity index (χ3v) is 3.50. The lowest BCUT2D eigenvalue weighted by Gasteiger charge is -2.09. The van der Waals surface area contributed by atoms with Crippen molar-refractivity contribution in [3.63, 3.8) is 0 Å². The van der Waals surface area contributed by atoms with Gasteiger partial charge in [-0.3, -0.25) is 9.97 Å². The van der Waals surface area contributed by atoms with E-state index in [0.29, 0.717) is 0 Å². The maximum absolute atomic E-state index is 9.72. The second-order valence-electron chi connectivity index (χ2n) is 4.71. The molecule has 3 aromatic carbocycles. The number of fused-ring (bicyclic) bond motifs is 6. The minimum absolute atomic E-state index is 0.197. The molecular weight excluding hydrogens is 252 g/mol. The summed E-state index contributed by atoms with van der Waals surface area (Å²) in [6.45, 7) is 0. The van der Waals surface area contributed by atoms with E-state index in [-0.39, 0.29) is 11.5 Å². The van der Waals surface area contributed by atoms with Gasteiger partial charge in [0.2, 0.25) is 0 Å². The molecule has 0 saturated heterocycles. The number of hydrogen-bond donors (Lipinski definition) is 2. The summed E-state index contributed by atoms with van der Waals surface area (Å²) in [7, 11) is 0. The molecule has 4 nitrogen and oxygen atoms in total. The number of aromatic hydroxyl groups is 2. The van der Waals surface area contributed by atoms with Gasteiger partial charge < -0.3 is 10.2 Å². The Morgan fingerprint density at radius 3 is 1.50 bits per heavy atom. The molecule has 2 N–H and O–H groups in total. The standard InChI is InChI=1S/C16H10N2O2/c19-9-1-3-11-12-4-2-10(20)8-14(12)16-15(13(11)7-9)17-5-6-18-16/h1-8,19-20H. The number of phenols is 2.